The van der Waals surface area contributed by atoms with Crippen molar-refractivity contribution in [2.75, 3.05) is 0 Å². The van der Waals surface area contributed by atoms with Crippen molar-refractivity contribution in [2.45, 2.75) is 45.8 Å². The Bertz CT molecular complexity index is 738. The van der Waals surface area contributed by atoms with Crippen LogP contribution < -0.4 is 11.1 Å². The second kappa shape index (κ2) is 9.05. The van der Waals surface area contributed by atoms with Gasteiger partial charge >= 0.3 is 0 Å². The van der Waals surface area contributed by atoms with Crippen LogP contribution in [-0.4, -0.2) is 20.7 Å². The van der Waals surface area contributed by atoms with E-state index in [9.17, 15) is 0 Å². The summed E-state index contributed by atoms with van der Waals surface area (Å²) in [6.45, 7) is 8.47. The van der Waals surface area contributed by atoms with Crippen LogP contribution in [0.3, 0.4) is 0 Å². The van der Waals surface area contributed by atoms with E-state index >= 15 is 0 Å². The maximum atomic E-state index is 6.21. The van der Waals surface area contributed by atoms with Gasteiger partial charge in [-0.25, -0.2) is 14.7 Å². The summed E-state index contributed by atoms with van der Waals surface area (Å²) in [5, 5.41) is 8.54. The summed E-state index contributed by atoms with van der Waals surface area (Å²) in [6.07, 6.45) is 1.52. The van der Waals surface area contributed by atoms with Gasteiger partial charge in [-0.05, 0) is 45.4 Å². The van der Waals surface area contributed by atoms with Crippen molar-refractivity contribution < 1.29 is 0 Å². The Balaban J connectivity index is 0.00000312. The predicted molar refractivity (Wildman–Crippen MR) is 114 cm³/mol. The zero-order valence-electron chi connectivity index (χ0n) is 14.6. The first kappa shape index (κ1) is 22.0. The van der Waals surface area contributed by atoms with E-state index in [4.69, 9.17) is 28.9 Å². The first-order chi connectivity index (χ1) is 11.2. The van der Waals surface area contributed by atoms with Crippen molar-refractivity contribution in [1.82, 2.24) is 20.1 Å². The molecule has 2 aromatic rings. The van der Waals surface area contributed by atoms with Crippen LogP contribution in [0.4, 0.5) is 0 Å². The molecule has 3 N–H and O–H groups in total. The lowest BCUT2D eigenvalue weighted by atomic mass is 10.1. The first-order valence-electron chi connectivity index (χ1n) is 7.59. The SMILES string of the molecule is CC(NC(N)=NCc1ncnn1C(C)(C)C)c1ccc(Cl)cc1Cl.I. The average Bonchev–Trinajstić information content (AvgIpc) is 2.93. The molecule has 6 nitrogen and oxygen atoms in total. The molecular formula is C16H23Cl2IN6. The molecule has 1 aromatic heterocycles. The molecule has 1 heterocycles. The Morgan fingerprint density at radius 1 is 1.36 bits per heavy atom. The first-order valence-corrected chi connectivity index (χ1v) is 8.35. The number of hydrogen-bond acceptors (Lipinski definition) is 3. The zero-order valence-corrected chi connectivity index (χ0v) is 18.5. The van der Waals surface area contributed by atoms with E-state index in [-0.39, 0.29) is 35.6 Å². The second-order valence-electron chi connectivity index (χ2n) is 6.49. The predicted octanol–water partition coefficient (Wildman–Crippen LogP) is 4.12. The molecule has 25 heavy (non-hydrogen) atoms. The third kappa shape index (κ3) is 6.00. The van der Waals surface area contributed by atoms with Gasteiger partial charge in [0.1, 0.15) is 18.7 Å². The molecular weight excluding hydrogens is 474 g/mol. The molecule has 0 saturated carbocycles. The van der Waals surface area contributed by atoms with Crippen molar-refractivity contribution in [3.05, 3.63) is 46.0 Å². The highest BCUT2D eigenvalue weighted by molar-refractivity contribution is 14.0. The zero-order chi connectivity index (χ0) is 17.9. The molecule has 0 spiro atoms. The Morgan fingerprint density at radius 3 is 2.64 bits per heavy atom. The number of halogens is 3. The van der Waals surface area contributed by atoms with Crippen LogP contribution in [0, 0.1) is 0 Å². The number of nitrogens with zero attached hydrogens (tertiary/aromatic N) is 4. The number of guanidine groups is 1. The van der Waals surface area contributed by atoms with Crippen molar-refractivity contribution in [1.29, 1.82) is 0 Å². The van der Waals surface area contributed by atoms with Gasteiger partial charge in [0.15, 0.2) is 5.96 Å². The fraction of sp³-hybridized carbons (Fsp3) is 0.438. The van der Waals surface area contributed by atoms with E-state index in [0.717, 1.165) is 11.4 Å². The maximum absolute atomic E-state index is 6.21. The molecule has 2 rings (SSSR count). The lowest BCUT2D eigenvalue weighted by Crippen LogP contribution is -2.34. The molecule has 1 atom stereocenters. The van der Waals surface area contributed by atoms with Crippen molar-refractivity contribution in [3.63, 3.8) is 0 Å². The van der Waals surface area contributed by atoms with E-state index in [2.05, 4.69) is 41.2 Å². The molecule has 0 saturated heterocycles. The summed E-state index contributed by atoms with van der Waals surface area (Å²) in [7, 11) is 0. The van der Waals surface area contributed by atoms with Crippen LogP contribution in [0.15, 0.2) is 29.5 Å². The Kier molecular flexibility index (Phi) is 7.95. The molecule has 9 heteroatoms. The molecule has 0 amide bonds. The highest BCUT2D eigenvalue weighted by atomic mass is 127. The minimum absolute atomic E-state index is 0. The number of nitrogens with two attached hydrogens (primary N) is 1. The van der Waals surface area contributed by atoms with Gasteiger partial charge < -0.3 is 11.1 Å². The van der Waals surface area contributed by atoms with Crippen molar-refractivity contribution >= 4 is 53.1 Å². The summed E-state index contributed by atoms with van der Waals surface area (Å²) in [5.74, 6) is 1.07. The molecule has 0 fully saturated rings. The number of aromatic nitrogens is 3. The summed E-state index contributed by atoms with van der Waals surface area (Å²) in [6, 6.07) is 5.26. The standard InChI is InChI=1S/C16H22Cl2N6.HI/c1-10(12-6-5-11(17)7-13(12)18)23-15(19)20-8-14-21-9-22-24(14)16(2,3)4;/h5-7,9-10H,8H2,1-4H3,(H3,19,20,23);1H. The second-order valence-corrected chi connectivity index (χ2v) is 7.34. The smallest absolute Gasteiger partial charge is 0.189 e. The molecule has 138 valence electrons. The minimum Gasteiger partial charge on any atom is -0.370 e. The van der Waals surface area contributed by atoms with Gasteiger partial charge in [-0.3, -0.25) is 0 Å². The topological polar surface area (TPSA) is 81.1 Å². The normalized spacial score (nSPS) is 13.3. The highest BCUT2D eigenvalue weighted by Crippen LogP contribution is 2.25. The van der Waals surface area contributed by atoms with Gasteiger partial charge in [0, 0.05) is 10.0 Å². The monoisotopic (exact) mass is 496 g/mol. The van der Waals surface area contributed by atoms with Crippen LogP contribution >= 0.6 is 47.2 Å². The summed E-state index contributed by atoms with van der Waals surface area (Å²) in [4.78, 5) is 8.59. The van der Waals surface area contributed by atoms with Crippen LogP contribution in [-0.2, 0) is 12.1 Å². The average molecular weight is 497 g/mol. The highest BCUT2D eigenvalue weighted by Gasteiger charge is 2.18. The van der Waals surface area contributed by atoms with Gasteiger partial charge in [0.25, 0.3) is 0 Å². The molecule has 1 unspecified atom stereocenters. The third-order valence-electron chi connectivity index (χ3n) is 3.44. The maximum Gasteiger partial charge on any atom is 0.189 e. The number of rotatable bonds is 4. The fourth-order valence-electron chi connectivity index (χ4n) is 2.29. The van der Waals surface area contributed by atoms with Crippen molar-refractivity contribution in [2.24, 2.45) is 10.7 Å². The number of nitrogens with one attached hydrogen (secondary N) is 1. The molecule has 1 aromatic carbocycles. The summed E-state index contributed by atoms with van der Waals surface area (Å²) < 4.78 is 1.84. The van der Waals surface area contributed by atoms with Gasteiger partial charge in [-0.1, -0.05) is 29.3 Å². The van der Waals surface area contributed by atoms with E-state index in [1.807, 2.05) is 17.7 Å². The van der Waals surface area contributed by atoms with Crippen LogP contribution in [0.5, 0.6) is 0 Å². The van der Waals surface area contributed by atoms with Gasteiger partial charge in [0.2, 0.25) is 0 Å². The van der Waals surface area contributed by atoms with Crippen molar-refractivity contribution in [3.8, 4) is 0 Å². The summed E-state index contributed by atoms with van der Waals surface area (Å²) in [5.41, 5.74) is 6.72. The molecule has 0 aliphatic carbocycles. The van der Waals surface area contributed by atoms with E-state index in [0.29, 0.717) is 22.5 Å². The fourth-order valence-corrected chi connectivity index (χ4v) is 2.86. The van der Waals surface area contributed by atoms with Gasteiger partial charge in [0.05, 0.1) is 11.6 Å². The largest absolute Gasteiger partial charge is 0.370 e. The molecule has 0 aliphatic heterocycles. The van der Waals surface area contributed by atoms with Gasteiger partial charge in [-0.15, -0.1) is 24.0 Å². The van der Waals surface area contributed by atoms with E-state index < -0.39 is 0 Å². The number of hydrogen-bond donors (Lipinski definition) is 2. The quantitative estimate of drug-likeness (QED) is 0.379. The Morgan fingerprint density at radius 2 is 2.04 bits per heavy atom. The molecule has 0 radical (unpaired) electrons. The Hall–Kier alpha value is -1.06. The third-order valence-corrected chi connectivity index (χ3v) is 4.00. The lowest BCUT2D eigenvalue weighted by Gasteiger charge is -2.21. The Labute approximate surface area is 175 Å². The number of aliphatic imine (C=N–C) groups is 1. The lowest BCUT2D eigenvalue weighted by molar-refractivity contribution is 0.341. The number of benzene rings is 1. The molecule has 0 bridgehead atoms. The van der Waals surface area contributed by atoms with Gasteiger partial charge in [-0.2, -0.15) is 5.10 Å². The van der Waals surface area contributed by atoms with E-state index in [1.54, 1.807) is 12.1 Å². The summed E-state index contributed by atoms with van der Waals surface area (Å²) >= 11 is 12.1. The van der Waals surface area contributed by atoms with Crippen LogP contribution in [0.2, 0.25) is 10.0 Å². The molecule has 0 aliphatic rings. The van der Waals surface area contributed by atoms with Crippen LogP contribution in [0.25, 0.3) is 0 Å². The minimum atomic E-state index is -0.159. The van der Waals surface area contributed by atoms with Crippen LogP contribution in [0.1, 0.15) is 45.1 Å². The van der Waals surface area contributed by atoms with E-state index in [1.165, 1.54) is 6.33 Å².